The van der Waals surface area contributed by atoms with Gasteiger partial charge >= 0.3 is 0 Å². The molecule has 0 saturated carbocycles. The Labute approximate surface area is 70.3 Å². The molecule has 0 radical (unpaired) electrons. The fourth-order valence-electron chi connectivity index (χ4n) is 0.886. The van der Waals surface area contributed by atoms with Gasteiger partial charge < -0.3 is 0 Å². The smallest absolute Gasteiger partial charge is 0.00758 e. The van der Waals surface area contributed by atoms with Crippen LogP contribution < -0.4 is 0 Å². The molecule has 0 N–H and O–H groups in total. The highest BCUT2D eigenvalue weighted by Crippen LogP contribution is 2.20. The molecule has 0 spiro atoms. The zero-order chi connectivity index (χ0) is 9.02. The zero-order valence-electron chi connectivity index (χ0n) is 7.91. The topological polar surface area (TPSA) is 0 Å². The summed E-state index contributed by atoms with van der Waals surface area (Å²) in [6, 6.07) is 0. The van der Waals surface area contributed by atoms with Gasteiger partial charge in [0.25, 0.3) is 0 Å². The van der Waals surface area contributed by atoms with E-state index in [0.29, 0.717) is 5.92 Å². The minimum absolute atomic E-state index is 0.502. The van der Waals surface area contributed by atoms with Crippen LogP contribution in [0.3, 0.4) is 0 Å². The van der Waals surface area contributed by atoms with Gasteiger partial charge in [0.2, 0.25) is 0 Å². The van der Waals surface area contributed by atoms with Crippen LogP contribution in [-0.2, 0) is 0 Å². The average molecular weight is 150 g/mol. The van der Waals surface area contributed by atoms with Crippen LogP contribution in [0.1, 0.15) is 27.2 Å². The van der Waals surface area contributed by atoms with Crippen LogP contribution >= 0.6 is 0 Å². The molecule has 0 aromatic heterocycles. The van der Waals surface area contributed by atoms with E-state index >= 15 is 0 Å². The second kappa shape index (κ2) is 4.17. The monoisotopic (exact) mass is 150 g/mol. The third-order valence-electron chi connectivity index (χ3n) is 1.67. The highest BCUT2D eigenvalue weighted by atomic mass is 14.1. The molecule has 0 aromatic carbocycles. The van der Waals surface area contributed by atoms with Crippen molar-refractivity contribution in [2.75, 3.05) is 0 Å². The maximum Gasteiger partial charge on any atom is -0.00758 e. The molecule has 0 saturated heterocycles. The predicted molar refractivity (Wildman–Crippen MR) is 52.5 cm³/mol. The van der Waals surface area contributed by atoms with Gasteiger partial charge in [-0.1, -0.05) is 39.2 Å². The normalized spacial score (nSPS) is 9.82. The first kappa shape index (κ1) is 10.2. The fourth-order valence-corrected chi connectivity index (χ4v) is 0.886. The highest BCUT2D eigenvalue weighted by molar-refractivity contribution is 5.30. The molecule has 0 aliphatic rings. The molecule has 0 rings (SSSR count). The summed E-state index contributed by atoms with van der Waals surface area (Å²) in [6.45, 7) is 18.0. The van der Waals surface area contributed by atoms with Crippen molar-refractivity contribution in [2.24, 2.45) is 5.92 Å². The first-order valence-corrected chi connectivity index (χ1v) is 3.96. The highest BCUT2D eigenvalue weighted by Gasteiger charge is 2.03. The van der Waals surface area contributed by atoms with E-state index in [1.54, 1.807) is 0 Å². The number of rotatable bonds is 4. The van der Waals surface area contributed by atoms with Crippen LogP contribution in [0, 0.1) is 5.92 Å². The van der Waals surface area contributed by atoms with Crippen LogP contribution in [0.2, 0.25) is 0 Å². The summed E-state index contributed by atoms with van der Waals surface area (Å²) in [5.74, 6) is 0.502. The van der Waals surface area contributed by atoms with E-state index in [4.69, 9.17) is 0 Å². The maximum absolute atomic E-state index is 3.97. The van der Waals surface area contributed by atoms with Crippen molar-refractivity contribution in [1.29, 1.82) is 0 Å². The van der Waals surface area contributed by atoms with Crippen LogP contribution in [-0.4, -0.2) is 0 Å². The van der Waals surface area contributed by atoms with Crippen molar-refractivity contribution in [3.63, 3.8) is 0 Å². The largest absolute Gasteiger partial charge is 0.0998 e. The third kappa shape index (κ3) is 3.82. The molecule has 62 valence electrons. The Bertz CT molecular complexity index is 182. The lowest BCUT2D eigenvalue weighted by molar-refractivity contribution is 0.774. The number of hydrogen-bond donors (Lipinski definition) is 0. The minimum Gasteiger partial charge on any atom is -0.0998 e. The quantitative estimate of drug-likeness (QED) is 0.423. The lowest BCUT2D eigenvalue weighted by Gasteiger charge is -2.12. The van der Waals surface area contributed by atoms with Crippen LogP contribution in [0.5, 0.6) is 0 Å². The summed E-state index contributed by atoms with van der Waals surface area (Å²) in [5.41, 5.74) is 3.41. The van der Waals surface area contributed by atoms with E-state index < -0.39 is 0 Å². The minimum atomic E-state index is 0.502. The molecule has 0 heterocycles. The first-order valence-electron chi connectivity index (χ1n) is 3.96. The Hall–Kier alpha value is -0.780. The molecule has 0 nitrogen and oxygen atoms in total. The fraction of sp³-hybridized carbons (Fsp3) is 0.455. The Balaban J connectivity index is 4.05. The van der Waals surface area contributed by atoms with Gasteiger partial charge in [0.05, 0.1) is 0 Å². The van der Waals surface area contributed by atoms with Gasteiger partial charge in [0.15, 0.2) is 0 Å². The molecular formula is C11H18. The summed E-state index contributed by atoms with van der Waals surface area (Å²) in [7, 11) is 0. The lowest BCUT2D eigenvalue weighted by atomic mass is 9.94. The summed E-state index contributed by atoms with van der Waals surface area (Å²) in [6.07, 6.45) is 0.886. The molecule has 0 heteroatoms. The lowest BCUT2D eigenvalue weighted by Crippen LogP contribution is -1.95. The van der Waals surface area contributed by atoms with Crippen molar-refractivity contribution in [2.45, 2.75) is 27.2 Å². The van der Waals surface area contributed by atoms with Gasteiger partial charge in [-0.2, -0.15) is 0 Å². The summed E-state index contributed by atoms with van der Waals surface area (Å²) < 4.78 is 0. The van der Waals surface area contributed by atoms with Crippen molar-refractivity contribution >= 4 is 0 Å². The summed E-state index contributed by atoms with van der Waals surface area (Å²) >= 11 is 0. The molecule has 0 aliphatic carbocycles. The van der Waals surface area contributed by atoms with Crippen molar-refractivity contribution in [1.82, 2.24) is 0 Å². The molecule has 0 bridgehead atoms. The molecule has 0 aromatic rings. The summed E-state index contributed by atoms with van der Waals surface area (Å²) in [5, 5.41) is 0. The van der Waals surface area contributed by atoms with E-state index in [1.165, 1.54) is 0 Å². The van der Waals surface area contributed by atoms with Gasteiger partial charge in [-0.25, -0.2) is 0 Å². The molecule has 0 aliphatic heterocycles. The van der Waals surface area contributed by atoms with Crippen LogP contribution in [0.4, 0.5) is 0 Å². The molecule has 11 heavy (non-hydrogen) atoms. The SMILES string of the molecule is C=C(C)CC(=C)C(=C)C(C)C. The second-order valence-corrected chi connectivity index (χ2v) is 3.42. The molecule has 0 fully saturated rings. The Morgan fingerprint density at radius 3 is 1.91 bits per heavy atom. The Morgan fingerprint density at radius 2 is 1.64 bits per heavy atom. The zero-order valence-corrected chi connectivity index (χ0v) is 7.91. The first-order chi connectivity index (χ1) is 4.95. The van der Waals surface area contributed by atoms with Crippen LogP contribution in [0.15, 0.2) is 36.5 Å². The van der Waals surface area contributed by atoms with Gasteiger partial charge in [0, 0.05) is 0 Å². The Morgan fingerprint density at radius 1 is 1.18 bits per heavy atom. The van der Waals surface area contributed by atoms with Gasteiger partial charge in [-0.3, -0.25) is 0 Å². The number of hydrogen-bond acceptors (Lipinski definition) is 0. The van der Waals surface area contributed by atoms with Crippen LogP contribution in [0.25, 0.3) is 0 Å². The van der Waals surface area contributed by atoms with E-state index in [2.05, 4.69) is 33.6 Å². The van der Waals surface area contributed by atoms with E-state index in [9.17, 15) is 0 Å². The van der Waals surface area contributed by atoms with E-state index in [1.807, 2.05) is 6.92 Å². The Kier molecular flexibility index (Phi) is 3.88. The third-order valence-corrected chi connectivity index (χ3v) is 1.67. The number of allylic oxidation sites excluding steroid dienone is 3. The predicted octanol–water partition coefficient (Wildman–Crippen LogP) is 3.72. The molecule has 0 unspecified atom stereocenters. The maximum atomic E-state index is 3.97. The second-order valence-electron chi connectivity index (χ2n) is 3.42. The van der Waals surface area contributed by atoms with Crippen molar-refractivity contribution in [3.8, 4) is 0 Å². The van der Waals surface area contributed by atoms with Gasteiger partial charge in [-0.15, -0.1) is 0 Å². The molecule has 0 atom stereocenters. The van der Waals surface area contributed by atoms with Crippen molar-refractivity contribution in [3.05, 3.63) is 36.5 Å². The van der Waals surface area contributed by atoms with Gasteiger partial charge in [0.1, 0.15) is 0 Å². The van der Waals surface area contributed by atoms with Crippen molar-refractivity contribution < 1.29 is 0 Å². The van der Waals surface area contributed by atoms with E-state index in [-0.39, 0.29) is 0 Å². The molecular weight excluding hydrogens is 132 g/mol. The van der Waals surface area contributed by atoms with E-state index in [0.717, 1.165) is 23.1 Å². The average Bonchev–Trinajstić information content (AvgIpc) is 1.84. The summed E-state index contributed by atoms with van der Waals surface area (Å²) in [4.78, 5) is 0. The molecule has 0 amide bonds. The standard InChI is InChI=1S/C11H18/c1-8(2)7-10(5)11(6)9(3)4/h9H,1,5-7H2,2-4H3. The van der Waals surface area contributed by atoms with Gasteiger partial charge in [-0.05, 0) is 30.4 Å².